The normalized spacial score (nSPS) is 36.0. The Labute approximate surface area is 64.8 Å². The molecule has 1 aliphatic heterocycles. The van der Waals surface area contributed by atoms with Crippen molar-refractivity contribution in [2.24, 2.45) is 0 Å². The van der Waals surface area contributed by atoms with Crippen molar-refractivity contribution in [2.75, 3.05) is 0 Å². The van der Waals surface area contributed by atoms with E-state index in [4.69, 9.17) is 4.74 Å². The lowest BCUT2D eigenvalue weighted by Gasteiger charge is -2.21. The van der Waals surface area contributed by atoms with Gasteiger partial charge in [0.1, 0.15) is 5.44 Å². The summed E-state index contributed by atoms with van der Waals surface area (Å²) in [7, 11) is 0. The van der Waals surface area contributed by atoms with Crippen LogP contribution in [0.5, 0.6) is 0 Å². The Morgan fingerprint density at radius 1 is 1.44 bits per heavy atom. The monoisotopic (exact) mass is 164 g/mol. The Morgan fingerprint density at radius 3 is 2.56 bits per heavy atom. The lowest BCUT2D eigenvalue weighted by Crippen LogP contribution is -2.28. The zero-order valence-corrected chi connectivity index (χ0v) is 6.57. The van der Waals surface area contributed by atoms with E-state index in [0.29, 0.717) is 0 Å². The number of thiol groups is 2. The fourth-order valence-corrected chi connectivity index (χ4v) is 1.15. The van der Waals surface area contributed by atoms with E-state index in [9.17, 15) is 4.79 Å². The van der Waals surface area contributed by atoms with Crippen LogP contribution in [0.2, 0.25) is 0 Å². The summed E-state index contributed by atoms with van der Waals surface area (Å²) in [5, 5.41) is -0.228. The lowest BCUT2D eigenvalue weighted by atomic mass is 10.2. The van der Waals surface area contributed by atoms with E-state index in [1.54, 1.807) is 0 Å². The minimum absolute atomic E-state index is 0.208. The third-order valence-electron chi connectivity index (χ3n) is 1.21. The molecule has 4 heteroatoms. The zero-order chi connectivity index (χ0) is 6.85. The van der Waals surface area contributed by atoms with Crippen LogP contribution < -0.4 is 0 Å². The van der Waals surface area contributed by atoms with Crippen molar-refractivity contribution in [3.8, 4) is 0 Å². The largest absolute Gasteiger partial charge is 0.451 e. The minimum atomic E-state index is -0.246. The molecule has 1 aliphatic rings. The average molecular weight is 164 g/mol. The second-order valence-electron chi connectivity index (χ2n) is 1.98. The van der Waals surface area contributed by atoms with E-state index in [0.717, 1.165) is 12.8 Å². The summed E-state index contributed by atoms with van der Waals surface area (Å²) in [6.07, 6.45) is 1.58. The minimum Gasteiger partial charge on any atom is -0.451 e. The molecule has 0 aromatic heterocycles. The van der Waals surface area contributed by atoms with Crippen LogP contribution in [0.1, 0.15) is 12.8 Å². The van der Waals surface area contributed by atoms with Gasteiger partial charge in [-0.2, -0.15) is 12.6 Å². The molecule has 2 nitrogen and oxygen atoms in total. The molecule has 0 spiro atoms. The first kappa shape index (κ1) is 7.28. The number of cyclic esters (lactones) is 1. The number of ether oxygens (including phenoxy) is 1. The summed E-state index contributed by atoms with van der Waals surface area (Å²) < 4.78 is 4.75. The van der Waals surface area contributed by atoms with E-state index in [-0.39, 0.29) is 16.7 Å². The van der Waals surface area contributed by atoms with Gasteiger partial charge in [-0.05, 0) is 12.8 Å². The number of hydrogen-bond donors (Lipinski definition) is 2. The third-order valence-corrected chi connectivity index (χ3v) is 2.04. The van der Waals surface area contributed by atoms with Crippen molar-refractivity contribution >= 4 is 31.2 Å². The molecule has 2 atom stereocenters. The number of esters is 1. The van der Waals surface area contributed by atoms with Gasteiger partial charge in [0.2, 0.25) is 0 Å². The first-order valence-corrected chi connectivity index (χ1v) is 3.80. The molecule has 9 heavy (non-hydrogen) atoms. The van der Waals surface area contributed by atoms with E-state index in [1.165, 1.54) is 0 Å². The fourth-order valence-electron chi connectivity index (χ4n) is 0.690. The van der Waals surface area contributed by atoms with Gasteiger partial charge in [-0.1, -0.05) is 0 Å². The topological polar surface area (TPSA) is 26.3 Å². The van der Waals surface area contributed by atoms with Crippen LogP contribution >= 0.6 is 25.3 Å². The quantitative estimate of drug-likeness (QED) is 0.410. The number of hydrogen-bond acceptors (Lipinski definition) is 4. The SMILES string of the molecule is O=C1OC(S)CCC1S. The summed E-state index contributed by atoms with van der Waals surface area (Å²) >= 11 is 7.97. The third kappa shape index (κ3) is 1.79. The van der Waals surface area contributed by atoms with Crippen LogP contribution in [0.4, 0.5) is 0 Å². The second kappa shape index (κ2) is 2.84. The highest BCUT2D eigenvalue weighted by molar-refractivity contribution is 7.82. The number of rotatable bonds is 0. The average Bonchev–Trinajstić information content (AvgIpc) is 1.80. The van der Waals surface area contributed by atoms with Crippen molar-refractivity contribution in [3.63, 3.8) is 0 Å². The highest BCUT2D eigenvalue weighted by atomic mass is 32.1. The molecular formula is C5H8O2S2. The van der Waals surface area contributed by atoms with Crippen molar-refractivity contribution < 1.29 is 9.53 Å². The highest BCUT2D eigenvalue weighted by Gasteiger charge is 2.24. The van der Waals surface area contributed by atoms with E-state index in [1.807, 2.05) is 0 Å². The molecule has 0 N–H and O–H groups in total. The molecule has 2 unspecified atom stereocenters. The van der Waals surface area contributed by atoms with Crippen LogP contribution in [-0.2, 0) is 9.53 Å². The molecule has 0 radical (unpaired) electrons. The van der Waals surface area contributed by atoms with Gasteiger partial charge in [-0.25, -0.2) is 0 Å². The summed E-state index contributed by atoms with van der Waals surface area (Å²) in [5.41, 5.74) is -0.208. The Morgan fingerprint density at radius 2 is 2.11 bits per heavy atom. The maximum atomic E-state index is 10.7. The van der Waals surface area contributed by atoms with Crippen molar-refractivity contribution in [2.45, 2.75) is 23.5 Å². The van der Waals surface area contributed by atoms with Gasteiger partial charge in [0.15, 0.2) is 0 Å². The molecule has 0 aromatic rings. The molecular weight excluding hydrogens is 156 g/mol. The fraction of sp³-hybridized carbons (Fsp3) is 0.800. The predicted octanol–water partition coefficient (Wildman–Crippen LogP) is 0.878. The molecule has 0 amide bonds. The summed E-state index contributed by atoms with van der Waals surface area (Å²) in [6, 6.07) is 0. The maximum absolute atomic E-state index is 10.7. The van der Waals surface area contributed by atoms with Gasteiger partial charge >= 0.3 is 5.97 Å². The van der Waals surface area contributed by atoms with Crippen molar-refractivity contribution in [3.05, 3.63) is 0 Å². The Hall–Kier alpha value is 0.170. The molecule has 52 valence electrons. The number of carbonyl (C=O) groups excluding carboxylic acids is 1. The van der Waals surface area contributed by atoms with Crippen LogP contribution in [0.25, 0.3) is 0 Å². The Kier molecular flexibility index (Phi) is 2.29. The maximum Gasteiger partial charge on any atom is 0.319 e. The molecule has 0 saturated carbocycles. The van der Waals surface area contributed by atoms with Crippen LogP contribution in [-0.4, -0.2) is 16.7 Å². The van der Waals surface area contributed by atoms with Crippen LogP contribution in [0.3, 0.4) is 0 Å². The van der Waals surface area contributed by atoms with Gasteiger partial charge in [0.05, 0.1) is 5.25 Å². The van der Waals surface area contributed by atoms with Gasteiger partial charge in [0, 0.05) is 0 Å². The zero-order valence-electron chi connectivity index (χ0n) is 4.78. The molecule has 0 aliphatic carbocycles. The predicted molar refractivity (Wildman–Crippen MR) is 40.9 cm³/mol. The van der Waals surface area contributed by atoms with Crippen molar-refractivity contribution in [1.82, 2.24) is 0 Å². The van der Waals surface area contributed by atoms with Gasteiger partial charge < -0.3 is 4.74 Å². The van der Waals surface area contributed by atoms with Gasteiger partial charge in [-0.3, -0.25) is 4.79 Å². The van der Waals surface area contributed by atoms with Crippen LogP contribution in [0.15, 0.2) is 0 Å². The molecule has 1 heterocycles. The second-order valence-corrected chi connectivity index (χ2v) is 3.18. The van der Waals surface area contributed by atoms with E-state index in [2.05, 4.69) is 25.3 Å². The smallest absolute Gasteiger partial charge is 0.319 e. The van der Waals surface area contributed by atoms with Crippen LogP contribution in [0, 0.1) is 0 Å². The van der Waals surface area contributed by atoms with E-state index < -0.39 is 0 Å². The summed E-state index contributed by atoms with van der Waals surface area (Å²) in [4.78, 5) is 10.7. The molecule has 0 aromatic carbocycles. The molecule has 1 rings (SSSR count). The van der Waals surface area contributed by atoms with Crippen molar-refractivity contribution in [1.29, 1.82) is 0 Å². The summed E-state index contributed by atoms with van der Waals surface area (Å²) in [6.45, 7) is 0. The lowest BCUT2D eigenvalue weighted by molar-refractivity contribution is -0.147. The molecule has 0 bridgehead atoms. The standard InChI is InChI=1S/C5H8O2S2/c6-5-3(8)1-2-4(9)7-5/h3-4,8-9H,1-2H2. The Balaban J connectivity index is 2.44. The first-order chi connectivity index (χ1) is 4.20. The summed E-state index contributed by atoms with van der Waals surface area (Å²) in [5.74, 6) is -0.246. The first-order valence-electron chi connectivity index (χ1n) is 2.77. The van der Waals surface area contributed by atoms with E-state index >= 15 is 0 Å². The molecule has 1 fully saturated rings. The Bertz CT molecular complexity index is 126. The van der Waals surface area contributed by atoms with Gasteiger partial charge in [-0.15, -0.1) is 12.6 Å². The van der Waals surface area contributed by atoms with Gasteiger partial charge in [0.25, 0.3) is 0 Å². The molecule has 1 saturated heterocycles. The number of carbonyl (C=O) groups is 1. The highest BCUT2D eigenvalue weighted by Crippen LogP contribution is 2.20.